The van der Waals surface area contributed by atoms with Gasteiger partial charge < -0.3 is 14.3 Å². The Morgan fingerprint density at radius 1 is 1.08 bits per heavy atom. The highest BCUT2D eigenvalue weighted by atomic mass is 32.1. The summed E-state index contributed by atoms with van der Waals surface area (Å²) in [5.74, 6) is 0. The fourth-order valence-corrected chi connectivity index (χ4v) is 3.93. The molecule has 2 aromatic rings. The molecule has 0 saturated carbocycles. The molecule has 0 saturated heterocycles. The Hall–Kier alpha value is -0.983. The van der Waals surface area contributed by atoms with Crippen molar-refractivity contribution in [3.8, 4) is 0 Å². The van der Waals surface area contributed by atoms with E-state index in [0.717, 1.165) is 10.4 Å². The third kappa shape index (κ3) is 5.76. The van der Waals surface area contributed by atoms with Gasteiger partial charge in [-0.25, -0.2) is 0 Å². The normalized spacial score (nSPS) is 15.1. The highest BCUT2D eigenvalue weighted by molar-refractivity contribution is 7.10. The first-order valence-electron chi connectivity index (χ1n) is 8.72. The average Bonchev–Trinajstić information content (AvgIpc) is 3.08. The van der Waals surface area contributed by atoms with Crippen LogP contribution in [0.1, 0.15) is 37.3 Å². The summed E-state index contributed by atoms with van der Waals surface area (Å²) in [5.41, 5.74) is 1.10. The summed E-state index contributed by atoms with van der Waals surface area (Å²) >= 11 is 1.55. The van der Waals surface area contributed by atoms with Crippen LogP contribution in [-0.4, -0.2) is 26.1 Å². The van der Waals surface area contributed by atoms with Crippen molar-refractivity contribution in [3.05, 3.63) is 58.3 Å². The van der Waals surface area contributed by atoms with E-state index in [-0.39, 0.29) is 11.1 Å². The molecular weight excluding hydrogens is 348 g/mol. The van der Waals surface area contributed by atoms with Gasteiger partial charge in [-0.2, -0.15) is 0 Å². The lowest BCUT2D eigenvalue weighted by Gasteiger charge is -2.37. The molecule has 1 aromatic carbocycles. The zero-order chi connectivity index (χ0) is 18.5. The standard InChI is InChI=1S/C20H30O3SSi/c1-20(2,3)25(4,5)23-15-17(19(21)18-12-9-13-24-18)22-14-16-10-7-6-8-11-16/h6-13,17,19,21H,14-15H2,1-5H3. The number of aliphatic hydroxyl groups excluding tert-OH is 1. The molecule has 25 heavy (non-hydrogen) atoms. The van der Waals surface area contributed by atoms with Crippen molar-refractivity contribution < 1.29 is 14.3 Å². The molecule has 2 rings (SSSR count). The predicted octanol–water partition coefficient (Wildman–Crippen LogP) is 5.39. The van der Waals surface area contributed by atoms with Gasteiger partial charge in [0.05, 0.1) is 13.2 Å². The monoisotopic (exact) mass is 378 g/mol. The first-order chi connectivity index (χ1) is 11.7. The lowest BCUT2D eigenvalue weighted by molar-refractivity contribution is -0.0684. The third-order valence-corrected chi connectivity index (χ3v) is 10.4. The van der Waals surface area contributed by atoms with E-state index in [4.69, 9.17) is 9.16 Å². The van der Waals surface area contributed by atoms with E-state index in [1.807, 2.05) is 47.8 Å². The van der Waals surface area contributed by atoms with Gasteiger partial charge in [-0.3, -0.25) is 0 Å². The summed E-state index contributed by atoms with van der Waals surface area (Å²) in [6, 6.07) is 13.9. The smallest absolute Gasteiger partial charge is 0.192 e. The van der Waals surface area contributed by atoms with Gasteiger partial charge in [0.1, 0.15) is 12.2 Å². The molecule has 0 radical (unpaired) electrons. The highest BCUT2D eigenvalue weighted by Crippen LogP contribution is 2.37. The Morgan fingerprint density at radius 2 is 1.76 bits per heavy atom. The number of benzene rings is 1. The molecule has 2 unspecified atom stereocenters. The van der Waals surface area contributed by atoms with Crippen LogP contribution in [0.4, 0.5) is 0 Å². The van der Waals surface area contributed by atoms with Crippen LogP contribution in [0.3, 0.4) is 0 Å². The summed E-state index contributed by atoms with van der Waals surface area (Å²) in [4.78, 5) is 0.914. The molecule has 1 N–H and O–H groups in total. The summed E-state index contributed by atoms with van der Waals surface area (Å²) in [6.45, 7) is 12.0. The van der Waals surface area contributed by atoms with Gasteiger partial charge >= 0.3 is 0 Å². The van der Waals surface area contributed by atoms with E-state index in [1.165, 1.54) is 0 Å². The number of rotatable bonds is 8. The molecule has 0 aliphatic rings. The van der Waals surface area contributed by atoms with E-state index in [9.17, 15) is 5.11 Å². The lowest BCUT2D eigenvalue weighted by Crippen LogP contribution is -2.43. The van der Waals surface area contributed by atoms with Gasteiger partial charge in [-0.1, -0.05) is 57.2 Å². The fraction of sp³-hybridized carbons (Fsp3) is 0.500. The SMILES string of the molecule is CC(C)(C)[Si](C)(C)OCC(OCc1ccccc1)C(O)c1cccs1. The van der Waals surface area contributed by atoms with Crippen LogP contribution in [0.5, 0.6) is 0 Å². The molecular formula is C20H30O3SSi. The van der Waals surface area contributed by atoms with Crippen LogP contribution in [0.2, 0.25) is 18.1 Å². The third-order valence-electron chi connectivity index (χ3n) is 4.91. The van der Waals surface area contributed by atoms with Gasteiger partial charge in [0.25, 0.3) is 0 Å². The molecule has 3 nitrogen and oxygen atoms in total. The zero-order valence-corrected chi connectivity index (χ0v) is 17.7. The molecule has 1 heterocycles. The molecule has 0 spiro atoms. The summed E-state index contributed by atoms with van der Waals surface area (Å²) in [5, 5.41) is 12.9. The van der Waals surface area contributed by atoms with Crippen molar-refractivity contribution in [1.82, 2.24) is 0 Å². The Kier molecular flexibility index (Phi) is 6.99. The van der Waals surface area contributed by atoms with E-state index >= 15 is 0 Å². The molecule has 138 valence electrons. The second-order valence-electron chi connectivity index (χ2n) is 7.87. The quantitative estimate of drug-likeness (QED) is 0.626. The predicted molar refractivity (Wildman–Crippen MR) is 107 cm³/mol. The van der Waals surface area contributed by atoms with Crippen molar-refractivity contribution in [2.75, 3.05) is 6.61 Å². The molecule has 0 amide bonds. The summed E-state index contributed by atoms with van der Waals surface area (Å²) in [6.07, 6.45) is -1.05. The van der Waals surface area contributed by atoms with Crippen LogP contribution in [0, 0.1) is 0 Å². The maximum absolute atomic E-state index is 10.8. The van der Waals surface area contributed by atoms with Gasteiger partial charge in [-0.05, 0) is 35.1 Å². The topological polar surface area (TPSA) is 38.7 Å². The number of ether oxygens (including phenoxy) is 1. The fourth-order valence-electron chi connectivity index (χ4n) is 2.16. The van der Waals surface area contributed by atoms with Gasteiger partial charge in [0.15, 0.2) is 8.32 Å². The maximum atomic E-state index is 10.8. The van der Waals surface area contributed by atoms with Crippen molar-refractivity contribution in [2.24, 2.45) is 0 Å². The van der Waals surface area contributed by atoms with Gasteiger partial charge in [-0.15, -0.1) is 11.3 Å². The van der Waals surface area contributed by atoms with Gasteiger partial charge in [0, 0.05) is 4.88 Å². The van der Waals surface area contributed by atoms with E-state index in [0.29, 0.717) is 13.2 Å². The minimum atomic E-state index is -1.89. The van der Waals surface area contributed by atoms with E-state index in [1.54, 1.807) is 11.3 Å². The molecule has 0 bridgehead atoms. The Balaban J connectivity index is 2.06. The van der Waals surface area contributed by atoms with Crippen LogP contribution < -0.4 is 0 Å². The molecule has 0 fully saturated rings. The first-order valence-corrected chi connectivity index (χ1v) is 12.5. The molecule has 2 atom stereocenters. The van der Waals surface area contributed by atoms with Crippen molar-refractivity contribution in [1.29, 1.82) is 0 Å². The first kappa shape index (κ1) is 20.3. The average molecular weight is 379 g/mol. The van der Waals surface area contributed by atoms with Gasteiger partial charge in [0.2, 0.25) is 0 Å². The number of thiophene rings is 1. The van der Waals surface area contributed by atoms with Crippen LogP contribution in [0.15, 0.2) is 47.8 Å². The van der Waals surface area contributed by atoms with Crippen molar-refractivity contribution >= 4 is 19.7 Å². The largest absolute Gasteiger partial charge is 0.414 e. The Labute approximate surface area is 156 Å². The number of aliphatic hydroxyl groups is 1. The Bertz CT molecular complexity index is 620. The molecule has 1 aromatic heterocycles. The summed E-state index contributed by atoms with van der Waals surface area (Å²) < 4.78 is 12.4. The second kappa shape index (κ2) is 8.60. The zero-order valence-electron chi connectivity index (χ0n) is 15.9. The summed E-state index contributed by atoms with van der Waals surface area (Å²) in [7, 11) is -1.89. The van der Waals surface area contributed by atoms with E-state index in [2.05, 4.69) is 33.9 Å². The number of hydrogen-bond acceptors (Lipinski definition) is 4. The molecule has 0 aliphatic carbocycles. The van der Waals surface area contributed by atoms with Crippen molar-refractivity contribution in [3.63, 3.8) is 0 Å². The minimum Gasteiger partial charge on any atom is -0.414 e. The van der Waals surface area contributed by atoms with Crippen LogP contribution in [-0.2, 0) is 15.8 Å². The Morgan fingerprint density at radius 3 is 2.32 bits per heavy atom. The molecule has 5 heteroatoms. The maximum Gasteiger partial charge on any atom is 0.192 e. The highest BCUT2D eigenvalue weighted by Gasteiger charge is 2.38. The molecule has 0 aliphatic heterocycles. The number of hydrogen-bond donors (Lipinski definition) is 1. The van der Waals surface area contributed by atoms with Crippen molar-refractivity contribution in [2.45, 2.75) is 57.7 Å². The minimum absolute atomic E-state index is 0.130. The second-order valence-corrected chi connectivity index (χ2v) is 13.7. The van der Waals surface area contributed by atoms with E-state index < -0.39 is 14.4 Å². The van der Waals surface area contributed by atoms with Crippen LogP contribution in [0.25, 0.3) is 0 Å². The van der Waals surface area contributed by atoms with Crippen LogP contribution >= 0.6 is 11.3 Å². The lowest BCUT2D eigenvalue weighted by atomic mass is 10.1.